The van der Waals surface area contributed by atoms with E-state index in [-0.39, 0.29) is 0 Å². The summed E-state index contributed by atoms with van der Waals surface area (Å²) in [5, 5.41) is 3.23. The summed E-state index contributed by atoms with van der Waals surface area (Å²) >= 11 is 0. The maximum atomic E-state index is 12.1. The molecule has 0 spiro atoms. The number of carbonyl (C=O) groups is 1. The number of Topliss-reactive ketones (excluding diaryl/α,β-unsaturated/α-hetero) is 1. The Bertz CT molecular complexity index is 347. The monoisotopic (exact) mass is 202 g/mol. The van der Waals surface area contributed by atoms with Gasteiger partial charge in [0.15, 0.2) is 5.78 Å². The summed E-state index contributed by atoms with van der Waals surface area (Å²) in [6.45, 7) is 0. The topological polar surface area (TPSA) is 29.1 Å². The predicted octanol–water partition coefficient (Wildman–Crippen LogP) is 2.24. The lowest BCUT2D eigenvalue weighted by molar-refractivity contribution is -0.127. The third-order valence-corrected chi connectivity index (χ3v) is 3.37. The number of hydrogen-bond donors (Lipinski definition) is 1. The van der Waals surface area contributed by atoms with Gasteiger partial charge in [0.25, 0.3) is 0 Å². The van der Waals surface area contributed by atoms with Gasteiger partial charge in [0, 0.05) is 6.42 Å². The lowest BCUT2D eigenvalue weighted by Gasteiger charge is -2.36. The number of rotatable bonds is 2. The van der Waals surface area contributed by atoms with E-state index in [1.807, 2.05) is 37.4 Å². The second kappa shape index (κ2) is 4.15. The molecule has 1 aliphatic rings. The third-order valence-electron chi connectivity index (χ3n) is 3.37. The second-order valence-electron chi connectivity index (χ2n) is 4.15. The Balaban J connectivity index is 2.40. The molecule has 0 radical (unpaired) electrons. The van der Waals surface area contributed by atoms with Gasteiger partial charge in [0.05, 0.1) is 0 Å². The lowest BCUT2D eigenvalue weighted by Crippen LogP contribution is -2.49. The molecular weight excluding hydrogens is 185 g/mol. The van der Waals surface area contributed by atoms with Crippen molar-refractivity contribution in [3.8, 4) is 0 Å². The number of ketones is 1. The van der Waals surface area contributed by atoms with Gasteiger partial charge in [-0.15, -0.1) is 0 Å². The molecule has 15 heavy (non-hydrogen) atoms. The van der Waals surface area contributed by atoms with Crippen molar-refractivity contribution in [1.29, 1.82) is 0 Å². The Hall–Kier alpha value is -1.15. The molecule has 2 heteroatoms. The van der Waals surface area contributed by atoms with E-state index in [4.69, 9.17) is 0 Å². The average molecular weight is 202 g/mol. The van der Waals surface area contributed by atoms with Crippen molar-refractivity contribution in [2.24, 2.45) is 0 Å². The van der Waals surface area contributed by atoms with E-state index in [9.17, 15) is 4.79 Å². The highest BCUT2D eigenvalue weighted by Crippen LogP contribution is 2.33. The molecule has 1 saturated carbocycles. The van der Waals surface area contributed by atoms with Crippen LogP contribution in [-0.4, -0.2) is 12.8 Å². The molecular formula is C13H17NO. The summed E-state index contributed by atoms with van der Waals surface area (Å²) in [7, 11) is 1.89. The van der Waals surface area contributed by atoms with Gasteiger partial charge in [0.1, 0.15) is 5.54 Å². The molecule has 0 heterocycles. The maximum absolute atomic E-state index is 12.1. The minimum Gasteiger partial charge on any atom is -0.304 e. The molecule has 0 amide bonds. The summed E-state index contributed by atoms with van der Waals surface area (Å²) < 4.78 is 0. The molecule has 1 fully saturated rings. The van der Waals surface area contributed by atoms with E-state index in [1.165, 1.54) is 0 Å². The molecule has 0 aromatic heterocycles. The molecule has 1 aliphatic carbocycles. The first kappa shape index (κ1) is 10.4. The van der Waals surface area contributed by atoms with Crippen LogP contribution in [0, 0.1) is 0 Å². The van der Waals surface area contributed by atoms with Gasteiger partial charge in [-0.05, 0) is 25.5 Å². The molecule has 1 aromatic rings. The van der Waals surface area contributed by atoms with Gasteiger partial charge >= 0.3 is 0 Å². The van der Waals surface area contributed by atoms with Crippen LogP contribution in [0.2, 0.25) is 0 Å². The van der Waals surface area contributed by atoms with Crippen LogP contribution in [0.25, 0.3) is 0 Å². The van der Waals surface area contributed by atoms with Crippen molar-refractivity contribution in [3.63, 3.8) is 0 Å². The summed E-state index contributed by atoms with van der Waals surface area (Å²) in [4.78, 5) is 12.1. The predicted molar refractivity (Wildman–Crippen MR) is 60.7 cm³/mol. The van der Waals surface area contributed by atoms with E-state index < -0.39 is 5.54 Å². The number of nitrogens with one attached hydrogen (secondary N) is 1. The van der Waals surface area contributed by atoms with E-state index in [0.717, 1.165) is 24.8 Å². The standard InChI is InChI=1S/C13H17NO/c1-14-13(10-6-5-9-12(13)15)11-7-3-2-4-8-11/h2-4,7-8,14H,5-6,9-10H2,1H3/i1-1. The summed E-state index contributed by atoms with van der Waals surface area (Å²) in [5.74, 6) is 0.336. The first-order valence-electron chi connectivity index (χ1n) is 5.57. The minimum atomic E-state index is -0.417. The Labute approximate surface area is 90.7 Å². The fourth-order valence-corrected chi connectivity index (χ4v) is 2.47. The molecule has 2 rings (SSSR count). The summed E-state index contributed by atoms with van der Waals surface area (Å²) in [6, 6.07) is 10.1. The highest BCUT2D eigenvalue weighted by atomic mass is 16.1. The normalized spacial score (nSPS) is 26.6. The molecule has 2 nitrogen and oxygen atoms in total. The molecule has 0 saturated heterocycles. The van der Waals surface area contributed by atoms with Crippen LogP contribution in [0.5, 0.6) is 0 Å². The van der Waals surface area contributed by atoms with Crippen molar-refractivity contribution in [1.82, 2.24) is 5.32 Å². The molecule has 1 atom stereocenters. The van der Waals surface area contributed by atoms with Crippen LogP contribution in [0.1, 0.15) is 31.2 Å². The van der Waals surface area contributed by atoms with Crippen molar-refractivity contribution in [2.45, 2.75) is 31.2 Å². The second-order valence-corrected chi connectivity index (χ2v) is 4.15. The van der Waals surface area contributed by atoms with Gasteiger partial charge in [-0.1, -0.05) is 36.8 Å². The molecule has 80 valence electrons. The Kier molecular flexibility index (Phi) is 2.87. The smallest absolute Gasteiger partial charge is 0.157 e. The molecule has 1 unspecified atom stereocenters. The zero-order valence-corrected chi connectivity index (χ0v) is 9.12. The fourth-order valence-electron chi connectivity index (χ4n) is 2.47. The van der Waals surface area contributed by atoms with Crippen LogP contribution in [0.15, 0.2) is 30.3 Å². The van der Waals surface area contributed by atoms with Crippen LogP contribution < -0.4 is 5.32 Å². The molecule has 0 bridgehead atoms. The zero-order valence-electron chi connectivity index (χ0n) is 9.12. The van der Waals surface area contributed by atoms with Gasteiger partial charge in [-0.25, -0.2) is 0 Å². The summed E-state index contributed by atoms with van der Waals surface area (Å²) in [5.41, 5.74) is 0.691. The molecule has 0 aliphatic heterocycles. The minimum absolute atomic E-state index is 0.336. The van der Waals surface area contributed by atoms with Crippen LogP contribution in [-0.2, 0) is 10.3 Å². The SMILES string of the molecule is [11CH3]NC1(c2ccccc2)CCCCC1=O. The molecule has 1 N–H and O–H groups in total. The lowest BCUT2D eigenvalue weighted by atomic mass is 9.75. The van der Waals surface area contributed by atoms with Crippen molar-refractivity contribution < 1.29 is 4.79 Å². The Morgan fingerprint density at radius 2 is 1.93 bits per heavy atom. The largest absolute Gasteiger partial charge is 0.304 e. The van der Waals surface area contributed by atoms with E-state index in [2.05, 4.69) is 5.32 Å². The van der Waals surface area contributed by atoms with Crippen molar-refractivity contribution in [2.75, 3.05) is 7.05 Å². The van der Waals surface area contributed by atoms with E-state index in [0.29, 0.717) is 12.2 Å². The Morgan fingerprint density at radius 3 is 2.53 bits per heavy atom. The quantitative estimate of drug-likeness (QED) is 0.797. The van der Waals surface area contributed by atoms with Crippen LogP contribution in [0.3, 0.4) is 0 Å². The van der Waals surface area contributed by atoms with E-state index >= 15 is 0 Å². The van der Waals surface area contributed by atoms with Gasteiger partial charge in [0.2, 0.25) is 0 Å². The number of carbonyl (C=O) groups excluding carboxylic acids is 1. The van der Waals surface area contributed by atoms with Crippen LogP contribution >= 0.6 is 0 Å². The van der Waals surface area contributed by atoms with E-state index in [1.54, 1.807) is 0 Å². The maximum Gasteiger partial charge on any atom is 0.157 e. The van der Waals surface area contributed by atoms with Gasteiger partial charge in [-0.3, -0.25) is 4.79 Å². The first-order valence-corrected chi connectivity index (χ1v) is 5.57. The van der Waals surface area contributed by atoms with Crippen molar-refractivity contribution in [3.05, 3.63) is 35.9 Å². The highest BCUT2D eigenvalue weighted by molar-refractivity contribution is 5.90. The summed E-state index contributed by atoms with van der Waals surface area (Å²) in [6.07, 6.45) is 3.79. The Morgan fingerprint density at radius 1 is 1.20 bits per heavy atom. The average Bonchev–Trinajstić information content (AvgIpc) is 2.31. The first-order chi connectivity index (χ1) is 7.29. The van der Waals surface area contributed by atoms with Gasteiger partial charge < -0.3 is 5.32 Å². The third kappa shape index (κ3) is 1.70. The number of hydrogen-bond acceptors (Lipinski definition) is 2. The number of likely N-dealkylation sites (N-methyl/N-ethyl adjacent to an activating group) is 1. The number of benzene rings is 1. The van der Waals surface area contributed by atoms with Crippen LogP contribution in [0.4, 0.5) is 0 Å². The highest BCUT2D eigenvalue weighted by Gasteiger charge is 2.39. The van der Waals surface area contributed by atoms with Gasteiger partial charge in [-0.2, -0.15) is 0 Å². The zero-order chi connectivity index (χ0) is 10.7. The van der Waals surface area contributed by atoms with Crippen molar-refractivity contribution >= 4 is 5.78 Å². The molecule has 1 aromatic carbocycles. The fraction of sp³-hybridized carbons (Fsp3) is 0.462.